The summed E-state index contributed by atoms with van der Waals surface area (Å²) in [5.74, 6) is 2.45. The van der Waals surface area contributed by atoms with Crippen molar-refractivity contribution in [3.63, 3.8) is 0 Å². The molecule has 0 radical (unpaired) electrons. The number of terminal acetylenes is 1. The highest BCUT2D eigenvalue weighted by atomic mass is 32.3. The van der Waals surface area contributed by atoms with Gasteiger partial charge in [-0.2, -0.15) is 8.42 Å². The van der Waals surface area contributed by atoms with Crippen LogP contribution in [0.5, 0.6) is 0 Å². The zero-order valence-corrected chi connectivity index (χ0v) is 12.5. The molecule has 0 heterocycles. The van der Waals surface area contributed by atoms with Gasteiger partial charge in [0.25, 0.3) is 0 Å². The molecule has 6 nitrogen and oxygen atoms in total. The summed E-state index contributed by atoms with van der Waals surface area (Å²) in [5.41, 5.74) is 1.38. The summed E-state index contributed by atoms with van der Waals surface area (Å²) in [7, 11) is -4.88. The van der Waals surface area contributed by atoms with Crippen molar-refractivity contribution in [2.75, 3.05) is 15.4 Å². The molecule has 8 heteroatoms. The maximum absolute atomic E-state index is 12.6. The first-order valence-corrected chi connectivity index (χ1v) is 7.71. The molecule has 0 aliphatic rings. The van der Waals surface area contributed by atoms with Crippen LogP contribution in [0.25, 0.3) is 0 Å². The van der Waals surface area contributed by atoms with Crippen LogP contribution in [-0.2, 0) is 10.4 Å². The third-order valence-electron chi connectivity index (χ3n) is 2.65. The van der Waals surface area contributed by atoms with Gasteiger partial charge >= 0.3 is 16.4 Å². The number of hydrogen-bond acceptors (Lipinski definition) is 3. The first kappa shape index (κ1) is 16.3. The normalized spacial score (nSPS) is 10.4. The number of urea groups is 1. The second-order valence-corrected chi connectivity index (χ2v) is 5.50. The lowest BCUT2D eigenvalue weighted by atomic mass is 10.2. The molecule has 0 aliphatic carbocycles. The minimum Gasteiger partial charge on any atom is -0.308 e. The number of anilines is 3. The van der Waals surface area contributed by atoms with E-state index in [2.05, 4.69) is 16.6 Å². The van der Waals surface area contributed by atoms with Crippen LogP contribution in [0.1, 0.15) is 5.56 Å². The highest BCUT2D eigenvalue weighted by Crippen LogP contribution is 2.17. The maximum atomic E-state index is 12.6. The van der Waals surface area contributed by atoms with E-state index < -0.39 is 16.4 Å². The van der Waals surface area contributed by atoms with Crippen molar-refractivity contribution in [1.82, 2.24) is 0 Å². The van der Waals surface area contributed by atoms with E-state index in [9.17, 15) is 17.1 Å². The van der Waals surface area contributed by atoms with E-state index in [1.807, 2.05) is 0 Å². The smallest absolute Gasteiger partial charge is 0.308 e. The topological polar surface area (TPSA) is 87.3 Å². The van der Waals surface area contributed by atoms with E-state index >= 15 is 0 Å². The van der Waals surface area contributed by atoms with Gasteiger partial charge in [0.15, 0.2) is 0 Å². The minimum absolute atomic E-state index is 0.0142. The molecule has 118 valence electrons. The van der Waals surface area contributed by atoms with E-state index in [-0.39, 0.29) is 11.4 Å². The molecular formula is C15H12FN3O3S. The molecular weight excluding hydrogens is 321 g/mol. The molecule has 0 unspecified atom stereocenters. The standard InChI is InChI=1S/C15H12FN3O3S/c1-2-11-5-3-6-12(9-11)17-15(20)18-13-7-4-8-14(10-13)19-23(16,21)22/h1,3-10,19H,(H2,17,18,20). The molecule has 0 aliphatic heterocycles. The Labute approximate surface area is 133 Å². The molecule has 0 fully saturated rings. The van der Waals surface area contributed by atoms with E-state index in [0.717, 1.165) is 0 Å². The van der Waals surface area contributed by atoms with Gasteiger partial charge in [-0.15, -0.1) is 6.42 Å². The molecule has 0 bridgehead atoms. The predicted octanol–water partition coefficient (Wildman–Crippen LogP) is 2.94. The average molecular weight is 333 g/mol. The van der Waals surface area contributed by atoms with Crippen molar-refractivity contribution in [3.8, 4) is 12.3 Å². The number of amides is 2. The Bertz CT molecular complexity index is 876. The van der Waals surface area contributed by atoms with Crippen LogP contribution in [0.2, 0.25) is 0 Å². The van der Waals surface area contributed by atoms with E-state index in [0.29, 0.717) is 11.3 Å². The van der Waals surface area contributed by atoms with Crippen molar-refractivity contribution in [3.05, 3.63) is 54.1 Å². The summed E-state index contributed by atoms with van der Waals surface area (Å²) in [6.07, 6.45) is 5.28. The lowest BCUT2D eigenvalue weighted by Gasteiger charge is -2.09. The van der Waals surface area contributed by atoms with Crippen LogP contribution >= 0.6 is 0 Å². The average Bonchev–Trinajstić information content (AvgIpc) is 2.45. The SMILES string of the molecule is C#Cc1cccc(NC(=O)Nc2cccc(NS(=O)(=O)F)c2)c1. The van der Waals surface area contributed by atoms with Crippen LogP contribution in [-0.4, -0.2) is 14.4 Å². The molecule has 0 saturated carbocycles. The summed E-state index contributed by atoms with van der Waals surface area (Å²) in [6.45, 7) is 0. The summed E-state index contributed by atoms with van der Waals surface area (Å²) < 4.78 is 35.3. The first-order chi connectivity index (χ1) is 10.9. The van der Waals surface area contributed by atoms with Crippen LogP contribution in [0, 0.1) is 12.3 Å². The van der Waals surface area contributed by atoms with Crippen molar-refractivity contribution in [2.45, 2.75) is 0 Å². The summed E-state index contributed by atoms with van der Waals surface area (Å²) in [5, 5.41) is 5.07. The van der Waals surface area contributed by atoms with E-state index in [4.69, 9.17) is 6.42 Å². The molecule has 23 heavy (non-hydrogen) atoms. The highest BCUT2D eigenvalue weighted by Gasteiger charge is 2.08. The number of hydrogen-bond donors (Lipinski definition) is 3. The maximum Gasteiger partial charge on any atom is 0.396 e. The Balaban J connectivity index is 2.05. The van der Waals surface area contributed by atoms with Gasteiger partial charge < -0.3 is 10.6 Å². The van der Waals surface area contributed by atoms with Crippen LogP contribution in [0.15, 0.2) is 48.5 Å². The van der Waals surface area contributed by atoms with Crippen LogP contribution in [0.3, 0.4) is 0 Å². The number of rotatable bonds is 4. The number of benzene rings is 2. The Hall–Kier alpha value is -3.05. The monoisotopic (exact) mass is 333 g/mol. The van der Waals surface area contributed by atoms with E-state index in [1.165, 1.54) is 24.3 Å². The van der Waals surface area contributed by atoms with Gasteiger partial charge in [0.2, 0.25) is 0 Å². The second kappa shape index (κ2) is 6.81. The molecule has 0 spiro atoms. The minimum atomic E-state index is -4.88. The summed E-state index contributed by atoms with van der Waals surface area (Å²) in [6, 6.07) is 11.7. The number of halogens is 1. The zero-order valence-electron chi connectivity index (χ0n) is 11.7. The van der Waals surface area contributed by atoms with Gasteiger partial charge in [-0.1, -0.05) is 21.9 Å². The quantitative estimate of drug-likeness (QED) is 0.594. The number of carbonyl (C=O) groups is 1. The fourth-order valence-electron chi connectivity index (χ4n) is 1.78. The first-order valence-electron chi connectivity index (χ1n) is 6.33. The van der Waals surface area contributed by atoms with Crippen molar-refractivity contribution in [2.24, 2.45) is 0 Å². The van der Waals surface area contributed by atoms with Gasteiger partial charge in [0.05, 0.1) is 5.69 Å². The highest BCUT2D eigenvalue weighted by molar-refractivity contribution is 7.87. The fourth-order valence-corrected chi connectivity index (χ4v) is 2.19. The molecule has 0 aromatic heterocycles. The van der Waals surface area contributed by atoms with Crippen molar-refractivity contribution < 1.29 is 17.1 Å². The second-order valence-electron chi connectivity index (χ2n) is 4.42. The van der Waals surface area contributed by atoms with Gasteiger partial charge in [0.1, 0.15) is 0 Å². The van der Waals surface area contributed by atoms with E-state index in [1.54, 1.807) is 29.0 Å². The predicted molar refractivity (Wildman–Crippen MR) is 87.1 cm³/mol. The van der Waals surface area contributed by atoms with Crippen molar-refractivity contribution in [1.29, 1.82) is 0 Å². The van der Waals surface area contributed by atoms with Crippen LogP contribution in [0.4, 0.5) is 25.7 Å². The Morgan fingerprint density at radius 3 is 2.17 bits per heavy atom. The molecule has 0 saturated heterocycles. The molecule has 2 amide bonds. The zero-order chi connectivity index (χ0) is 16.9. The number of carbonyl (C=O) groups excluding carboxylic acids is 1. The van der Waals surface area contributed by atoms with Gasteiger partial charge in [0, 0.05) is 16.9 Å². The lowest BCUT2D eigenvalue weighted by molar-refractivity contribution is 0.262. The summed E-state index contributed by atoms with van der Waals surface area (Å²) >= 11 is 0. The Morgan fingerprint density at radius 2 is 1.57 bits per heavy atom. The fraction of sp³-hybridized carbons (Fsp3) is 0. The third-order valence-corrected chi connectivity index (χ3v) is 3.13. The van der Waals surface area contributed by atoms with Gasteiger partial charge in [-0.25, -0.2) is 4.79 Å². The van der Waals surface area contributed by atoms with Gasteiger partial charge in [-0.05, 0) is 36.4 Å². The Kier molecular flexibility index (Phi) is 4.83. The molecule has 2 aromatic rings. The third kappa shape index (κ3) is 5.33. The van der Waals surface area contributed by atoms with Crippen molar-refractivity contribution >= 4 is 33.5 Å². The molecule has 3 N–H and O–H groups in total. The Morgan fingerprint density at radius 1 is 1.00 bits per heavy atom. The molecule has 0 atom stereocenters. The van der Waals surface area contributed by atoms with Gasteiger partial charge in [-0.3, -0.25) is 4.72 Å². The molecule has 2 rings (SSSR count). The number of nitrogens with one attached hydrogen (secondary N) is 3. The summed E-state index contributed by atoms with van der Waals surface area (Å²) in [4.78, 5) is 11.9. The largest absolute Gasteiger partial charge is 0.396 e. The van der Waals surface area contributed by atoms with Crippen LogP contribution < -0.4 is 15.4 Å². The lowest BCUT2D eigenvalue weighted by Crippen LogP contribution is -2.19. The molecule has 2 aromatic carbocycles.